The van der Waals surface area contributed by atoms with E-state index in [0.717, 1.165) is 43.4 Å². The van der Waals surface area contributed by atoms with Gasteiger partial charge in [0.2, 0.25) is 11.9 Å². The van der Waals surface area contributed by atoms with Crippen LogP contribution in [0.1, 0.15) is 24.8 Å². The third-order valence-corrected chi connectivity index (χ3v) is 5.66. The minimum atomic E-state index is -0.282. The maximum atomic E-state index is 13.5. The minimum absolute atomic E-state index is 0.0584. The predicted molar refractivity (Wildman–Crippen MR) is 120 cm³/mol. The predicted octanol–water partition coefficient (Wildman–Crippen LogP) is 4.25. The van der Waals surface area contributed by atoms with E-state index < -0.39 is 0 Å². The molecule has 1 saturated heterocycles. The van der Waals surface area contributed by atoms with E-state index in [2.05, 4.69) is 32.3 Å². The molecular formula is C25H27FN4O. The number of halogens is 1. The summed E-state index contributed by atoms with van der Waals surface area (Å²) in [5.74, 6) is 0.378. The van der Waals surface area contributed by atoms with Crippen molar-refractivity contribution in [3.8, 4) is 11.1 Å². The molecule has 3 aromatic rings. The third kappa shape index (κ3) is 5.66. The summed E-state index contributed by atoms with van der Waals surface area (Å²) in [5.41, 5.74) is 2.81. The SMILES string of the molecule is O=C(NCCCc1ccccc1)C1CCCN(c2ncc(-c3cccc(F)c3)cn2)C1. The van der Waals surface area contributed by atoms with Gasteiger partial charge >= 0.3 is 0 Å². The second-order valence-electron chi connectivity index (χ2n) is 7.95. The number of carbonyl (C=O) groups is 1. The van der Waals surface area contributed by atoms with Crippen LogP contribution in [0.3, 0.4) is 0 Å². The average molecular weight is 419 g/mol. The van der Waals surface area contributed by atoms with E-state index in [1.165, 1.54) is 17.7 Å². The number of anilines is 1. The second-order valence-corrected chi connectivity index (χ2v) is 7.95. The van der Waals surface area contributed by atoms with Gasteiger partial charge in [-0.05, 0) is 48.9 Å². The van der Waals surface area contributed by atoms with Crippen molar-refractivity contribution in [3.05, 3.63) is 78.4 Å². The zero-order chi connectivity index (χ0) is 21.5. The molecule has 0 radical (unpaired) electrons. The molecule has 1 atom stereocenters. The van der Waals surface area contributed by atoms with Gasteiger partial charge in [-0.3, -0.25) is 4.79 Å². The van der Waals surface area contributed by atoms with Crippen LogP contribution < -0.4 is 10.2 Å². The van der Waals surface area contributed by atoms with Crippen molar-refractivity contribution in [1.82, 2.24) is 15.3 Å². The Morgan fingerprint density at radius 1 is 1.06 bits per heavy atom. The summed E-state index contributed by atoms with van der Waals surface area (Å²) in [5, 5.41) is 3.09. The largest absolute Gasteiger partial charge is 0.356 e. The first-order valence-corrected chi connectivity index (χ1v) is 10.8. The highest BCUT2D eigenvalue weighted by Gasteiger charge is 2.26. The number of amides is 1. The molecule has 1 aliphatic rings. The van der Waals surface area contributed by atoms with Gasteiger partial charge in [-0.1, -0.05) is 42.5 Å². The summed E-state index contributed by atoms with van der Waals surface area (Å²) in [6.45, 7) is 2.13. The molecular weight excluding hydrogens is 391 g/mol. The minimum Gasteiger partial charge on any atom is -0.356 e. The van der Waals surface area contributed by atoms with E-state index >= 15 is 0 Å². The lowest BCUT2D eigenvalue weighted by atomic mass is 9.97. The van der Waals surface area contributed by atoms with Gasteiger partial charge in [-0.25, -0.2) is 14.4 Å². The first kappa shape index (κ1) is 21.0. The average Bonchev–Trinajstić information content (AvgIpc) is 2.82. The molecule has 2 heterocycles. The van der Waals surface area contributed by atoms with Gasteiger partial charge in [0.25, 0.3) is 0 Å². The van der Waals surface area contributed by atoms with Crippen molar-refractivity contribution in [2.75, 3.05) is 24.5 Å². The molecule has 1 aliphatic heterocycles. The van der Waals surface area contributed by atoms with Crippen molar-refractivity contribution < 1.29 is 9.18 Å². The zero-order valence-corrected chi connectivity index (χ0v) is 17.5. The van der Waals surface area contributed by atoms with Crippen LogP contribution in [0.2, 0.25) is 0 Å². The van der Waals surface area contributed by atoms with E-state index in [9.17, 15) is 9.18 Å². The summed E-state index contributed by atoms with van der Waals surface area (Å²) >= 11 is 0. The van der Waals surface area contributed by atoms with Crippen molar-refractivity contribution in [1.29, 1.82) is 0 Å². The highest BCUT2D eigenvalue weighted by atomic mass is 19.1. The monoisotopic (exact) mass is 418 g/mol. The van der Waals surface area contributed by atoms with Crippen LogP contribution in [-0.2, 0) is 11.2 Å². The van der Waals surface area contributed by atoms with Gasteiger partial charge in [0.15, 0.2) is 0 Å². The van der Waals surface area contributed by atoms with Crippen molar-refractivity contribution >= 4 is 11.9 Å². The lowest BCUT2D eigenvalue weighted by molar-refractivity contribution is -0.125. The number of hydrogen-bond acceptors (Lipinski definition) is 4. The quantitative estimate of drug-likeness (QED) is 0.583. The molecule has 0 saturated carbocycles. The van der Waals surface area contributed by atoms with Gasteiger partial charge < -0.3 is 10.2 Å². The van der Waals surface area contributed by atoms with Crippen LogP contribution in [0, 0.1) is 11.7 Å². The summed E-state index contributed by atoms with van der Waals surface area (Å²) in [6.07, 6.45) is 7.12. The molecule has 1 aromatic heterocycles. The molecule has 6 heteroatoms. The van der Waals surface area contributed by atoms with Crippen molar-refractivity contribution in [2.45, 2.75) is 25.7 Å². The summed E-state index contributed by atoms with van der Waals surface area (Å²) in [7, 11) is 0. The Morgan fingerprint density at radius 2 is 1.87 bits per heavy atom. The zero-order valence-electron chi connectivity index (χ0n) is 17.5. The maximum absolute atomic E-state index is 13.5. The fourth-order valence-corrected chi connectivity index (χ4v) is 3.97. The summed E-state index contributed by atoms with van der Waals surface area (Å²) in [4.78, 5) is 23.6. The van der Waals surface area contributed by atoms with Crippen LogP contribution in [0.15, 0.2) is 67.0 Å². The smallest absolute Gasteiger partial charge is 0.225 e. The number of nitrogens with one attached hydrogen (secondary N) is 1. The normalized spacial score (nSPS) is 16.2. The Kier molecular flexibility index (Phi) is 6.87. The maximum Gasteiger partial charge on any atom is 0.225 e. The molecule has 1 fully saturated rings. The number of rotatable bonds is 7. The van der Waals surface area contributed by atoms with Crippen LogP contribution >= 0.6 is 0 Å². The number of aromatic nitrogens is 2. The van der Waals surface area contributed by atoms with E-state index in [0.29, 0.717) is 19.0 Å². The number of hydrogen-bond donors (Lipinski definition) is 1. The van der Waals surface area contributed by atoms with E-state index in [4.69, 9.17) is 0 Å². The van der Waals surface area contributed by atoms with Gasteiger partial charge in [0, 0.05) is 37.6 Å². The fourth-order valence-electron chi connectivity index (χ4n) is 3.97. The van der Waals surface area contributed by atoms with Gasteiger partial charge in [0.1, 0.15) is 5.82 Å². The van der Waals surface area contributed by atoms with Gasteiger partial charge in [0.05, 0.1) is 5.92 Å². The van der Waals surface area contributed by atoms with Crippen LogP contribution in [0.5, 0.6) is 0 Å². The topological polar surface area (TPSA) is 58.1 Å². The van der Waals surface area contributed by atoms with Crippen LogP contribution in [-0.4, -0.2) is 35.5 Å². The Morgan fingerprint density at radius 3 is 2.65 bits per heavy atom. The summed E-state index contributed by atoms with van der Waals surface area (Å²) in [6, 6.07) is 16.7. The first-order chi connectivity index (χ1) is 15.2. The third-order valence-electron chi connectivity index (χ3n) is 5.66. The molecule has 5 nitrogen and oxygen atoms in total. The fraction of sp³-hybridized carbons (Fsp3) is 0.320. The van der Waals surface area contributed by atoms with Crippen molar-refractivity contribution in [2.24, 2.45) is 5.92 Å². The number of piperidine rings is 1. The molecule has 2 aromatic carbocycles. The highest BCUT2D eigenvalue weighted by molar-refractivity contribution is 5.79. The Hall–Kier alpha value is -3.28. The van der Waals surface area contributed by atoms with Crippen LogP contribution in [0.4, 0.5) is 10.3 Å². The molecule has 0 spiro atoms. The second kappa shape index (κ2) is 10.2. The molecule has 1 unspecified atom stereocenters. The first-order valence-electron chi connectivity index (χ1n) is 10.8. The molecule has 0 aliphatic carbocycles. The lowest BCUT2D eigenvalue weighted by Crippen LogP contribution is -2.44. The van der Waals surface area contributed by atoms with Crippen molar-refractivity contribution in [3.63, 3.8) is 0 Å². The molecule has 4 rings (SSSR count). The van der Waals surface area contributed by atoms with Gasteiger partial charge in [-0.2, -0.15) is 0 Å². The summed E-state index contributed by atoms with van der Waals surface area (Å²) < 4.78 is 13.5. The van der Waals surface area contributed by atoms with E-state index in [1.807, 2.05) is 24.3 Å². The Labute approximate surface area is 182 Å². The molecule has 1 amide bonds. The van der Waals surface area contributed by atoms with Gasteiger partial charge in [-0.15, -0.1) is 0 Å². The standard InChI is InChI=1S/C25H27FN4O/c26-23-12-4-10-20(15-23)22-16-28-25(29-17-22)30-14-6-11-21(18-30)24(31)27-13-5-9-19-7-2-1-3-8-19/h1-4,7-8,10,12,15-17,21H,5-6,9,11,13-14,18H2,(H,27,31). The molecule has 1 N–H and O–H groups in total. The molecule has 31 heavy (non-hydrogen) atoms. The van der Waals surface area contributed by atoms with Crippen LogP contribution in [0.25, 0.3) is 11.1 Å². The van der Waals surface area contributed by atoms with E-state index in [-0.39, 0.29) is 17.6 Å². The number of nitrogens with zero attached hydrogens (tertiary/aromatic N) is 3. The Balaban J connectivity index is 1.29. The lowest BCUT2D eigenvalue weighted by Gasteiger charge is -2.32. The number of aryl methyl sites for hydroxylation is 1. The molecule has 0 bridgehead atoms. The number of carbonyl (C=O) groups excluding carboxylic acids is 1. The van der Waals surface area contributed by atoms with E-state index in [1.54, 1.807) is 18.5 Å². The highest BCUT2D eigenvalue weighted by Crippen LogP contribution is 2.23. The molecule has 160 valence electrons. The number of benzene rings is 2. The Bertz CT molecular complexity index is 994.